The Morgan fingerprint density at radius 1 is 1.17 bits per heavy atom. The largest absolute Gasteiger partial charge is 0.357 e. The van der Waals surface area contributed by atoms with Crippen LogP contribution in [-0.4, -0.2) is 60.4 Å². The smallest absolute Gasteiger partial charge is 0.224 e. The van der Waals surface area contributed by atoms with Gasteiger partial charge in [-0.3, -0.25) is 9.79 Å². The van der Waals surface area contributed by atoms with Crippen molar-refractivity contribution in [2.45, 2.75) is 65.8 Å². The van der Waals surface area contributed by atoms with Gasteiger partial charge in [0.15, 0.2) is 5.96 Å². The molecule has 0 aromatic rings. The zero-order chi connectivity index (χ0) is 17.5. The van der Waals surface area contributed by atoms with Crippen molar-refractivity contribution in [1.82, 2.24) is 15.1 Å². The fourth-order valence-corrected chi connectivity index (χ4v) is 4.13. The lowest BCUT2D eigenvalue weighted by molar-refractivity contribution is -0.134. The summed E-state index contributed by atoms with van der Waals surface area (Å²) in [4.78, 5) is 21.6. The van der Waals surface area contributed by atoms with E-state index in [0.29, 0.717) is 30.8 Å². The number of likely N-dealkylation sites (tertiary alicyclic amines) is 2. The highest BCUT2D eigenvalue weighted by molar-refractivity contribution is 5.81. The molecule has 2 fully saturated rings. The molecule has 0 spiro atoms. The lowest BCUT2D eigenvalue weighted by Gasteiger charge is -2.37. The molecule has 1 amide bonds. The summed E-state index contributed by atoms with van der Waals surface area (Å²) in [6, 6.07) is 0.396. The van der Waals surface area contributed by atoms with Crippen molar-refractivity contribution in [3.8, 4) is 0 Å². The topological polar surface area (TPSA) is 47.9 Å². The third-order valence-corrected chi connectivity index (χ3v) is 5.21. The molecule has 2 aliphatic heterocycles. The molecule has 0 aromatic carbocycles. The van der Waals surface area contributed by atoms with E-state index in [-0.39, 0.29) is 5.91 Å². The van der Waals surface area contributed by atoms with Crippen LogP contribution in [0.5, 0.6) is 0 Å². The number of nitrogens with one attached hydrogen (secondary N) is 1. The highest BCUT2D eigenvalue weighted by Crippen LogP contribution is 2.21. The van der Waals surface area contributed by atoms with Crippen molar-refractivity contribution in [1.29, 1.82) is 0 Å². The first-order valence-electron chi connectivity index (χ1n) is 9.84. The first-order valence-corrected chi connectivity index (χ1v) is 9.84. The van der Waals surface area contributed by atoms with Gasteiger partial charge >= 0.3 is 0 Å². The minimum absolute atomic E-state index is 0.266. The summed E-state index contributed by atoms with van der Waals surface area (Å²) in [7, 11) is 0. The maximum absolute atomic E-state index is 12.5. The zero-order valence-corrected chi connectivity index (χ0v) is 16.1. The Hall–Kier alpha value is -1.26. The molecule has 2 rings (SSSR count). The number of hydrogen-bond donors (Lipinski definition) is 1. The molecule has 0 aliphatic carbocycles. The monoisotopic (exact) mass is 336 g/mol. The summed E-state index contributed by atoms with van der Waals surface area (Å²) < 4.78 is 0. The predicted octanol–water partition coefficient (Wildman–Crippen LogP) is 2.72. The number of piperidine rings is 2. The molecule has 3 atom stereocenters. The standard InChI is InChI=1S/C19H36N4O/c1-5-20-19(22-13-15(2)12-16(3)14-22)21-10-9-18(24)23-11-7-6-8-17(23)4/h15-17H,5-14H2,1-4H3,(H,20,21). The number of aliphatic imine (C=N–C) groups is 1. The number of carbonyl (C=O) groups excluding carboxylic acids is 1. The molecule has 24 heavy (non-hydrogen) atoms. The normalized spacial score (nSPS) is 28.8. The summed E-state index contributed by atoms with van der Waals surface area (Å²) in [5.74, 6) is 2.65. The number of amides is 1. The number of nitrogens with zero attached hydrogens (tertiary/aromatic N) is 3. The van der Waals surface area contributed by atoms with Crippen LogP contribution in [0.1, 0.15) is 59.8 Å². The van der Waals surface area contributed by atoms with Gasteiger partial charge < -0.3 is 15.1 Å². The fraction of sp³-hybridized carbons (Fsp3) is 0.895. The van der Waals surface area contributed by atoms with E-state index in [1.807, 2.05) is 0 Å². The molecule has 2 heterocycles. The van der Waals surface area contributed by atoms with E-state index >= 15 is 0 Å². The second-order valence-corrected chi connectivity index (χ2v) is 7.77. The Morgan fingerprint density at radius 3 is 2.50 bits per heavy atom. The Labute approximate surface area is 147 Å². The van der Waals surface area contributed by atoms with Crippen LogP contribution in [-0.2, 0) is 4.79 Å². The van der Waals surface area contributed by atoms with Gasteiger partial charge in [-0.15, -0.1) is 0 Å². The van der Waals surface area contributed by atoms with Crippen molar-refractivity contribution in [3.05, 3.63) is 0 Å². The van der Waals surface area contributed by atoms with Crippen LogP contribution in [0.25, 0.3) is 0 Å². The molecule has 0 saturated carbocycles. The Bertz CT molecular complexity index is 427. The van der Waals surface area contributed by atoms with E-state index in [1.165, 1.54) is 12.8 Å². The van der Waals surface area contributed by atoms with Crippen LogP contribution in [0.15, 0.2) is 4.99 Å². The van der Waals surface area contributed by atoms with Crippen molar-refractivity contribution in [3.63, 3.8) is 0 Å². The lowest BCUT2D eigenvalue weighted by Crippen LogP contribution is -2.48. The second-order valence-electron chi connectivity index (χ2n) is 7.77. The molecule has 138 valence electrons. The first kappa shape index (κ1) is 19.1. The van der Waals surface area contributed by atoms with Gasteiger partial charge in [-0.05, 0) is 51.4 Å². The number of guanidine groups is 1. The molecular weight excluding hydrogens is 300 g/mol. The minimum atomic E-state index is 0.266. The molecule has 3 unspecified atom stereocenters. The molecule has 0 radical (unpaired) electrons. The SMILES string of the molecule is CCNC(=NCCC(=O)N1CCCCC1C)N1CC(C)CC(C)C1. The summed E-state index contributed by atoms with van der Waals surface area (Å²) in [6.45, 7) is 13.4. The van der Waals surface area contributed by atoms with Crippen LogP contribution in [0.4, 0.5) is 0 Å². The van der Waals surface area contributed by atoms with Crippen molar-refractivity contribution < 1.29 is 4.79 Å². The molecular formula is C19H36N4O. The van der Waals surface area contributed by atoms with Crippen molar-refractivity contribution in [2.24, 2.45) is 16.8 Å². The van der Waals surface area contributed by atoms with Crippen LogP contribution in [0.3, 0.4) is 0 Å². The summed E-state index contributed by atoms with van der Waals surface area (Å²) in [5, 5.41) is 3.41. The van der Waals surface area contributed by atoms with Gasteiger partial charge in [-0.1, -0.05) is 13.8 Å². The van der Waals surface area contributed by atoms with Crippen LogP contribution >= 0.6 is 0 Å². The van der Waals surface area contributed by atoms with Gasteiger partial charge in [0.05, 0.1) is 6.54 Å². The summed E-state index contributed by atoms with van der Waals surface area (Å²) >= 11 is 0. The number of hydrogen-bond acceptors (Lipinski definition) is 2. The zero-order valence-electron chi connectivity index (χ0n) is 16.1. The average molecular weight is 337 g/mol. The van der Waals surface area contributed by atoms with Gasteiger partial charge in [0, 0.05) is 38.6 Å². The van der Waals surface area contributed by atoms with E-state index in [0.717, 1.165) is 45.0 Å². The minimum Gasteiger partial charge on any atom is -0.357 e. The third-order valence-electron chi connectivity index (χ3n) is 5.21. The van der Waals surface area contributed by atoms with Crippen LogP contribution in [0.2, 0.25) is 0 Å². The van der Waals surface area contributed by atoms with Crippen molar-refractivity contribution >= 4 is 11.9 Å². The van der Waals surface area contributed by atoms with Gasteiger partial charge in [0.2, 0.25) is 5.91 Å². The Kier molecular flexibility index (Phi) is 7.38. The maximum Gasteiger partial charge on any atom is 0.224 e. The predicted molar refractivity (Wildman–Crippen MR) is 100 cm³/mol. The maximum atomic E-state index is 12.5. The van der Waals surface area contributed by atoms with Crippen LogP contribution < -0.4 is 5.32 Å². The molecule has 0 aromatic heterocycles. The number of rotatable bonds is 4. The van der Waals surface area contributed by atoms with Gasteiger partial charge in [0.25, 0.3) is 0 Å². The molecule has 0 bridgehead atoms. The van der Waals surface area contributed by atoms with E-state index in [1.54, 1.807) is 0 Å². The average Bonchev–Trinajstić information content (AvgIpc) is 2.53. The van der Waals surface area contributed by atoms with E-state index in [4.69, 9.17) is 4.99 Å². The highest BCUT2D eigenvalue weighted by Gasteiger charge is 2.25. The molecule has 2 aliphatic rings. The quantitative estimate of drug-likeness (QED) is 0.634. The summed E-state index contributed by atoms with van der Waals surface area (Å²) in [5.41, 5.74) is 0. The van der Waals surface area contributed by atoms with Crippen LogP contribution in [0, 0.1) is 11.8 Å². The summed E-state index contributed by atoms with van der Waals surface area (Å²) in [6.07, 6.45) is 5.35. The van der Waals surface area contributed by atoms with Crippen molar-refractivity contribution in [2.75, 3.05) is 32.7 Å². The second kappa shape index (κ2) is 9.28. The van der Waals surface area contributed by atoms with Gasteiger partial charge in [0.1, 0.15) is 0 Å². The van der Waals surface area contributed by atoms with Gasteiger partial charge in [-0.2, -0.15) is 0 Å². The molecule has 1 N–H and O–H groups in total. The van der Waals surface area contributed by atoms with E-state index in [2.05, 4.69) is 42.8 Å². The Morgan fingerprint density at radius 2 is 1.88 bits per heavy atom. The number of carbonyl (C=O) groups is 1. The molecule has 5 nitrogen and oxygen atoms in total. The molecule has 2 saturated heterocycles. The van der Waals surface area contributed by atoms with E-state index in [9.17, 15) is 4.79 Å². The highest BCUT2D eigenvalue weighted by atomic mass is 16.2. The third kappa shape index (κ3) is 5.38. The fourth-order valence-electron chi connectivity index (χ4n) is 4.13. The Balaban J connectivity index is 1.89. The van der Waals surface area contributed by atoms with Gasteiger partial charge in [-0.25, -0.2) is 0 Å². The first-order chi connectivity index (χ1) is 11.5. The lowest BCUT2D eigenvalue weighted by atomic mass is 9.92. The molecule has 5 heteroatoms. The van der Waals surface area contributed by atoms with E-state index < -0.39 is 0 Å².